The molecule has 0 atom stereocenters. The van der Waals surface area contributed by atoms with Gasteiger partial charge in [-0.05, 0) is 98.3 Å². The molecule has 6 aromatic carbocycles. The predicted octanol–water partition coefficient (Wildman–Crippen LogP) is 12.9. The molecule has 2 aromatic heterocycles. The second-order valence-electron chi connectivity index (χ2n) is 15.2. The van der Waals surface area contributed by atoms with E-state index in [0.717, 1.165) is 49.8 Å². The van der Waals surface area contributed by atoms with E-state index in [-0.39, 0.29) is 10.8 Å². The Morgan fingerprint density at radius 3 is 1.46 bits per heavy atom. The average molecular weight is 653 g/mol. The van der Waals surface area contributed by atoms with Crippen LogP contribution in [0.1, 0.15) is 52.7 Å². The van der Waals surface area contributed by atoms with E-state index >= 15 is 0 Å². The molecule has 8 rings (SSSR count). The fourth-order valence-corrected chi connectivity index (χ4v) is 6.59. The Bertz CT molecular complexity index is 2450. The van der Waals surface area contributed by atoms with Crippen molar-refractivity contribution in [3.8, 4) is 56.3 Å². The molecule has 4 nitrogen and oxygen atoms in total. The number of hydrogen-bond donors (Lipinski definition) is 0. The highest BCUT2D eigenvalue weighted by Crippen LogP contribution is 2.42. The van der Waals surface area contributed by atoms with Gasteiger partial charge in [-0.15, -0.1) is 10.2 Å². The summed E-state index contributed by atoms with van der Waals surface area (Å²) < 4.78 is 12.7. The Morgan fingerprint density at radius 1 is 0.400 bits per heavy atom. The van der Waals surface area contributed by atoms with E-state index in [1.54, 1.807) is 0 Å². The first-order valence-corrected chi connectivity index (χ1v) is 17.2. The van der Waals surface area contributed by atoms with E-state index in [4.69, 9.17) is 8.83 Å². The van der Waals surface area contributed by atoms with Crippen LogP contribution in [0.2, 0.25) is 0 Å². The second-order valence-corrected chi connectivity index (χ2v) is 15.2. The molecule has 0 aliphatic carbocycles. The third-order valence-electron chi connectivity index (χ3n) is 9.63. The summed E-state index contributed by atoms with van der Waals surface area (Å²) >= 11 is 0. The molecule has 0 aliphatic rings. The number of fused-ring (bicyclic) bond motifs is 3. The molecule has 4 heteroatoms. The summed E-state index contributed by atoms with van der Waals surface area (Å²) in [4.78, 5) is 0. The molecule has 2 heterocycles. The Morgan fingerprint density at radius 2 is 0.880 bits per heavy atom. The molecule has 0 amide bonds. The zero-order valence-corrected chi connectivity index (χ0v) is 29.4. The highest BCUT2D eigenvalue weighted by Gasteiger charge is 2.19. The first-order chi connectivity index (χ1) is 24.0. The van der Waals surface area contributed by atoms with Gasteiger partial charge in [0, 0.05) is 27.5 Å². The van der Waals surface area contributed by atoms with Crippen molar-refractivity contribution in [1.82, 2.24) is 10.2 Å². The van der Waals surface area contributed by atoms with Gasteiger partial charge >= 0.3 is 0 Å². The summed E-state index contributed by atoms with van der Waals surface area (Å²) in [6.45, 7) is 13.5. The number of furan rings is 1. The molecule has 0 spiro atoms. The van der Waals surface area contributed by atoms with Gasteiger partial charge in [-0.2, -0.15) is 0 Å². The van der Waals surface area contributed by atoms with Crippen LogP contribution in [0.3, 0.4) is 0 Å². The van der Waals surface area contributed by atoms with Crippen LogP contribution < -0.4 is 0 Å². The third kappa shape index (κ3) is 5.92. The van der Waals surface area contributed by atoms with Crippen LogP contribution in [0.4, 0.5) is 0 Å². The Kier molecular flexibility index (Phi) is 7.56. The van der Waals surface area contributed by atoms with Gasteiger partial charge in [0.2, 0.25) is 11.8 Å². The largest absolute Gasteiger partial charge is 0.455 e. The quantitative estimate of drug-likeness (QED) is 0.186. The van der Waals surface area contributed by atoms with Crippen molar-refractivity contribution in [2.45, 2.75) is 52.4 Å². The summed E-state index contributed by atoms with van der Waals surface area (Å²) in [6.07, 6.45) is 0. The van der Waals surface area contributed by atoms with E-state index in [1.807, 2.05) is 42.5 Å². The van der Waals surface area contributed by atoms with Crippen molar-refractivity contribution in [1.29, 1.82) is 0 Å². The zero-order chi connectivity index (χ0) is 34.6. The first-order valence-electron chi connectivity index (χ1n) is 17.2. The lowest BCUT2D eigenvalue weighted by Crippen LogP contribution is -2.10. The van der Waals surface area contributed by atoms with Crippen LogP contribution in [-0.4, -0.2) is 10.2 Å². The van der Waals surface area contributed by atoms with Crippen LogP contribution in [-0.2, 0) is 10.8 Å². The Labute approximate surface area is 293 Å². The molecule has 0 aliphatic heterocycles. The minimum Gasteiger partial charge on any atom is -0.455 e. The minimum atomic E-state index is 0.0812. The van der Waals surface area contributed by atoms with Gasteiger partial charge in [0.1, 0.15) is 11.2 Å². The maximum atomic E-state index is 6.67. The fraction of sp³-hybridized carbons (Fsp3) is 0.174. The molecule has 0 N–H and O–H groups in total. The summed E-state index contributed by atoms with van der Waals surface area (Å²) in [6, 6.07) is 47.1. The normalized spacial score (nSPS) is 12.2. The van der Waals surface area contributed by atoms with Crippen LogP contribution in [0.15, 0.2) is 142 Å². The van der Waals surface area contributed by atoms with Gasteiger partial charge in [-0.3, -0.25) is 0 Å². The van der Waals surface area contributed by atoms with Crippen molar-refractivity contribution >= 4 is 21.9 Å². The van der Waals surface area contributed by atoms with Crippen molar-refractivity contribution in [2.75, 3.05) is 0 Å². The number of aromatic nitrogens is 2. The van der Waals surface area contributed by atoms with Crippen LogP contribution in [0, 0.1) is 0 Å². The molecule has 0 bridgehead atoms. The van der Waals surface area contributed by atoms with E-state index < -0.39 is 0 Å². The number of benzene rings is 6. The first kappa shape index (κ1) is 31.5. The molecular formula is C46H40N2O2. The molecule has 0 fully saturated rings. The van der Waals surface area contributed by atoms with Crippen molar-refractivity contribution in [3.05, 3.63) is 145 Å². The number of nitrogens with zero attached hydrogens (tertiary/aromatic N) is 2. The maximum Gasteiger partial charge on any atom is 0.248 e. The SMILES string of the molecule is CC(C)(C)c1ccc(-c2ccc3oc4c(-c5ccc(-c6nnc(-c7ccccc7)o6)cc5)cc(-c5ccc(C(C)(C)C)cc5)cc4c3c2)cc1. The zero-order valence-electron chi connectivity index (χ0n) is 29.4. The lowest BCUT2D eigenvalue weighted by atomic mass is 9.86. The van der Waals surface area contributed by atoms with Gasteiger partial charge in [-0.25, -0.2) is 0 Å². The van der Waals surface area contributed by atoms with E-state index in [2.05, 4.69) is 143 Å². The topological polar surface area (TPSA) is 52.1 Å². The standard InChI is InChI=1S/C46H40N2O2/c1-45(2,3)36-21-16-29(17-22-36)34-20-25-41-39(26-34)40-28-35(30-18-23-37(24-19-30)46(4,5)6)27-38(42(40)49-41)31-12-14-33(15-13-31)44-48-47-43(50-44)32-10-8-7-9-11-32/h7-28H,1-6H3. The summed E-state index contributed by atoms with van der Waals surface area (Å²) in [5.74, 6) is 0.989. The molecule has 0 saturated carbocycles. The average Bonchev–Trinajstić information content (AvgIpc) is 3.77. The number of hydrogen-bond acceptors (Lipinski definition) is 4. The van der Waals surface area contributed by atoms with Crippen LogP contribution >= 0.6 is 0 Å². The lowest BCUT2D eigenvalue weighted by Gasteiger charge is -2.19. The molecule has 246 valence electrons. The second kappa shape index (κ2) is 12.0. The summed E-state index contributed by atoms with van der Waals surface area (Å²) in [5, 5.41) is 10.8. The third-order valence-corrected chi connectivity index (χ3v) is 9.63. The Balaban J connectivity index is 1.24. The molecule has 0 radical (unpaired) electrons. The molecule has 50 heavy (non-hydrogen) atoms. The van der Waals surface area contributed by atoms with Gasteiger partial charge in [-0.1, -0.05) is 126 Å². The molecular weight excluding hydrogens is 613 g/mol. The summed E-state index contributed by atoms with van der Waals surface area (Å²) in [7, 11) is 0. The highest BCUT2D eigenvalue weighted by atomic mass is 16.4. The Hall–Kier alpha value is -5.74. The van der Waals surface area contributed by atoms with E-state index in [9.17, 15) is 0 Å². The minimum absolute atomic E-state index is 0.0812. The smallest absolute Gasteiger partial charge is 0.248 e. The predicted molar refractivity (Wildman–Crippen MR) is 206 cm³/mol. The highest BCUT2D eigenvalue weighted by molar-refractivity contribution is 6.12. The van der Waals surface area contributed by atoms with Crippen LogP contribution in [0.5, 0.6) is 0 Å². The van der Waals surface area contributed by atoms with Gasteiger partial charge in [0.15, 0.2) is 0 Å². The van der Waals surface area contributed by atoms with Crippen molar-refractivity contribution < 1.29 is 8.83 Å². The van der Waals surface area contributed by atoms with E-state index in [1.165, 1.54) is 27.8 Å². The van der Waals surface area contributed by atoms with E-state index in [0.29, 0.717) is 11.8 Å². The summed E-state index contributed by atoms with van der Waals surface area (Å²) in [5.41, 5.74) is 13.1. The van der Waals surface area contributed by atoms with Crippen LogP contribution in [0.25, 0.3) is 78.2 Å². The maximum absolute atomic E-state index is 6.67. The monoisotopic (exact) mass is 652 g/mol. The molecule has 8 aromatic rings. The van der Waals surface area contributed by atoms with Gasteiger partial charge < -0.3 is 8.83 Å². The molecule has 0 saturated heterocycles. The van der Waals surface area contributed by atoms with Crippen molar-refractivity contribution in [2.24, 2.45) is 0 Å². The lowest BCUT2D eigenvalue weighted by molar-refractivity contribution is 0.584. The van der Waals surface area contributed by atoms with Gasteiger partial charge in [0.25, 0.3) is 0 Å². The molecule has 0 unspecified atom stereocenters. The van der Waals surface area contributed by atoms with Crippen molar-refractivity contribution in [3.63, 3.8) is 0 Å². The van der Waals surface area contributed by atoms with Gasteiger partial charge in [0.05, 0.1) is 0 Å². The number of rotatable bonds is 5. The fourth-order valence-electron chi connectivity index (χ4n) is 6.59.